The quantitative estimate of drug-likeness (QED) is 0.820. The minimum atomic E-state index is -0.183. The molecule has 1 unspecified atom stereocenters. The second-order valence-corrected chi connectivity index (χ2v) is 4.88. The minimum Gasteiger partial charge on any atom is -0.469 e. The molecule has 1 atom stereocenters. The van der Waals surface area contributed by atoms with Crippen LogP contribution in [-0.2, 0) is 16.0 Å². The van der Waals surface area contributed by atoms with Gasteiger partial charge in [0.2, 0.25) is 0 Å². The van der Waals surface area contributed by atoms with Gasteiger partial charge in [0.25, 0.3) is 0 Å². The van der Waals surface area contributed by atoms with E-state index in [9.17, 15) is 4.79 Å². The molecule has 0 bridgehead atoms. The van der Waals surface area contributed by atoms with E-state index in [1.165, 1.54) is 12.7 Å². The zero-order valence-electron chi connectivity index (χ0n) is 11.9. The monoisotopic (exact) mass is 272 g/mol. The molecule has 0 aliphatic heterocycles. The zero-order valence-corrected chi connectivity index (χ0v) is 11.9. The molecule has 0 aliphatic carbocycles. The van der Waals surface area contributed by atoms with Crippen LogP contribution in [0.4, 0.5) is 0 Å². The van der Waals surface area contributed by atoms with Gasteiger partial charge in [0.1, 0.15) is 0 Å². The molecule has 0 aliphatic rings. The average Bonchev–Trinajstić information content (AvgIpc) is 2.47. The van der Waals surface area contributed by atoms with Crippen LogP contribution < -0.4 is 5.32 Å². The van der Waals surface area contributed by atoms with Crippen molar-refractivity contribution in [3.8, 4) is 0 Å². The van der Waals surface area contributed by atoms with Crippen LogP contribution in [0.1, 0.15) is 18.9 Å². The minimum absolute atomic E-state index is 0.116. The van der Waals surface area contributed by atoms with Crippen molar-refractivity contribution in [3.63, 3.8) is 0 Å². The molecule has 1 N–H and O–H groups in total. The van der Waals surface area contributed by atoms with Crippen molar-refractivity contribution >= 4 is 16.9 Å². The van der Waals surface area contributed by atoms with E-state index >= 15 is 0 Å². The highest BCUT2D eigenvalue weighted by Gasteiger charge is 2.08. The molecular weight excluding hydrogens is 252 g/mol. The van der Waals surface area contributed by atoms with E-state index < -0.39 is 0 Å². The van der Waals surface area contributed by atoms with Crippen LogP contribution in [0.25, 0.3) is 10.9 Å². The molecule has 0 saturated heterocycles. The van der Waals surface area contributed by atoms with E-state index in [4.69, 9.17) is 0 Å². The third-order valence-electron chi connectivity index (χ3n) is 3.30. The Bertz CT molecular complexity index is 578. The van der Waals surface area contributed by atoms with Crippen LogP contribution >= 0.6 is 0 Å². The van der Waals surface area contributed by atoms with Gasteiger partial charge in [-0.25, -0.2) is 0 Å². The number of aromatic nitrogens is 1. The summed E-state index contributed by atoms with van der Waals surface area (Å²) in [4.78, 5) is 15.6. The van der Waals surface area contributed by atoms with Crippen molar-refractivity contribution in [2.45, 2.75) is 25.8 Å². The lowest BCUT2D eigenvalue weighted by atomic mass is 10.1. The Hall–Kier alpha value is -1.94. The standard InChI is InChI=1S/C16H20N2O2/c1-12(11-15(19)20-2)17-10-8-14-6-3-5-13-7-4-9-18-16(13)14/h3-7,9,12,17H,8,10-11H2,1-2H3. The summed E-state index contributed by atoms with van der Waals surface area (Å²) in [6, 6.07) is 10.4. The second kappa shape index (κ2) is 7.01. The molecule has 1 heterocycles. The van der Waals surface area contributed by atoms with Crippen molar-refractivity contribution in [1.82, 2.24) is 10.3 Å². The molecule has 2 aromatic rings. The van der Waals surface area contributed by atoms with E-state index in [2.05, 4.69) is 39.3 Å². The number of pyridine rings is 1. The van der Waals surface area contributed by atoms with E-state index in [1.807, 2.05) is 19.2 Å². The lowest BCUT2D eigenvalue weighted by Gasteiger charge is -2.13. The number of para-hydroxylation sites is 1. The third kappa shape index (κ3) is 3.78. The van der Waals surface area contributed by atoms with Gasteiger partial charge < -0.3 is 10.1 Å². The van der Waals surface area contributed by atoms with Gasteiger partial charge in [-0.3, -0.25) is 9.78 Å². The molecule has 2 rings (SSSR count). The third-order valence-corrected chi connectivity index (χ3v) is 3.30. The number of rotatable bonds is 6. The lowest BCUT2D eigenvalue weighted by Crippen LogP contribution is -2.30. The van der Waals surface area contributed by atoms with Crippen LogP contribution in [0.15, 0.2) is 36.5 Å². The van der Waals surface area contributed by atoms with Crippen molar-refractivity contribution in [1.29, 1.82) is 0 Å². The number of methoxy groups -OCH3 is 1. The Labute approximate surface area is 119 Å². The first-order chi connectivity index (χ1) is 9.70. The van der Waals surface area contributed by atoms with Gasteiger partial charge in [0, 0.05) is 17.6 Å². The fourth-order valence-corrected chi connectivity index (χ4v) is 2.23. The molecule has 0 amide bonds. The van der Waals surface area contributed by atoms with Crippen molar-refractivity contribution < 1.29 is 9.53 Å². The zero-order chi connectivity index (χ0) is 14.4. The first-order valence-corrected chi connectivity index (χ1v) is 6.83. The highest BCUT2D eigenvalue weighted by atomic mass is 16.5. The van der Waals surface area contributed by atoms with Crippen LogP contribution in [0.3, 0.4) is 0 Å². The molecule has 0 spiro atoms. The Kier molecular flexibility index (Phi) is 5.07. The summed E-state index contributed by atoms with van der Waals surface area (Å²) >= 11 is 0. The van der Waals surface area contributed by atoms with Gasteiger partial charge >= 0.3 is 5.97 Å². The molecule has 20 heavy (non-hydrogen) atoms. The summed E-state index contributed by atoms with van der Waals surface area (Å²) in [6.07, 6.45) is 3.10. The fraction of sp³-hybridized carbons (Fsp3) is 0.375. The smallest absolute Gasteiger partial charge is 0.307 e. The van der Waals surface area contributed by atoms with Crippen molar-refractivity contribution in [2.75, 3.05) is 13.7 Å². The summed E-state index contributed by atoms with van der Waals surface area (Å²) in [5.74, 6) is -0.183. The summed E-state index contributed by atoms with van der Waals surface area (Å²) in [6.45, 7) is 2.80. The molecule has 1 aromatic heterocycles. The van der Waals surface area contributed by atoms with E-state index in [1.54, 1.807) is 0 Å². The number of ether oxygens (including phenoxy) is 1. The number of carbonyl (C=O) groups excluding carboxylic acids is 1. The van der Waals surface area contributed by atoms with Crippen LogP contribution in [0.5, 0.6) is 0 Å². The van der Waals surface area contributed by atoms with Crippen LogP contribution in [0, 0.1) is 0 Å². The number of carbonyl (C=O) groups is 1. The molecule has 4 nitrogen and oxygen atoms in total. The Morgan fingerprint density at radius 1 is 1.35 bits per heavy atom. The van der Waals surface area contributed by atoms with Crippen LogP contribution in [0.2, 0.25) is 0 Å². The number of nitrogens with zero attached hydrogens (tertiary/aromatic N) is 1. The molecule has 1 aromatic carbocycles. The first kappa shape index (κ1) is 14.5. The van der Waals surface area contributed by atoms with Crippen molar-refractivity contribution in [3.05, 3.63) is 42.1 Å². The Morgan fingerprint density at radius 3 is 2.95 bits per heavy atom. The maximum Gasteiger partial charge on any atom is 0.307 e. The number of benzene rings is 1. The predicted octanol–water partition coefficient (Wildman–Crippen LogP) is 2.32. The molecule has 0 saturated carbocycles. The van der Waals surface area contributed by atoms with E-state index in [0.29, 0.717) is 6.42 Å². The normalized spacial score (nSPS) is 12.3. The van der Waals surface area contributed by atoms with E-state index in [-0.39, 0.29) is 12.0 Å². The van der Waals surface area contributed by atoms with Crippen LogP contribution in [-0.4, -0.2) is 30.6 Å². The van der Waals surface area contributed by atoms with Gasteiger partial charge in [-0.05, 0) is 31.5 Å². The molecule has 0 radical (unpaired) electrons. The van der Waals surface area contributed by atoms with Gasteiger partial charge in [0.05, 0.1) is 19.0 Å². The maximum atomic E-state index is 11.2. The Morgan fingerprint density at radius 2 is 2.15 bits per heavy atom. The van der Waals surface area contributed by atoms with Gasteiger partial charge in [-0.1, -0.05) is 24.3 Å². The number of nitrogens with one attached hydrogen (secondary N) is 1. The topological polar surface area (TPSA) is 51.2 Å². The van der Waals surface area contributed by atoms with Gasteiger partial charge in [-0.2, -0.15) is 0 Å². The van der Waals surface area contributed by atoms with E-state index in [0.717, 1.165) is 23.9 Å². The van der Waals surface area contributed by atoms with Gasteiger partial charge in [0.15, 0.2) is 0 Å². The highest BCUT2D eigenvalue weighted by Crippen LogP contribution is 2.16. The SMILES string of the molecule is COC(=O)CC(C)NCCc1cccc2cccnc12. The summed E-state index contributed by atoms with van der Waals surface area (Å²) < 4.78 is 4.65. The maximum absolute atomic E-state index is 11.2. The number of hydrogen-bond donors (Lipinski definition) is 1. The largest absolute Gasteiger partial charge is 0.469 e. The Balaban J connectivity index is 1.91. The molecule has 0 fully saturated rings. The summed E-state index contributed by atoms with van der Waals surface area (Å²) in [5, 5.41) is 4.49. The number of hydrogen-bond acceptors (Lipinski definition) is 4. The summed E-state index contributed by atoms with van der Waals surface area (Å²) in [5.41, 5.74) is 2.28. The highest BCUT2D eigenvalue weighted by molar-refractivity contribution is 5.81. The molecular formula is C16H20N2O2. The second-order valence-electron chi connectivity index (χ2n) is 4.88. The fourth-order valence-electron chi connectivity index (χ4n) is 2.23. The predicted molar refractivity (Wildman–Crippen MR) is 79.5 cm³/mol. The summed E-state index contributed by atoms with van der Waals surface area (Å²) in [7, 11) is 1.41. The van der Waals surface area contributed by atoms with Gasteiger partial charge in [-0.15, -0.1) is 0 Å². The van der Waals surface area contributed by atoms with Crippen molar-refractivity contribution in [2.24, 2.45) is 0 Å². The molecule has 106 valence electrons. The average molecular weight is 272 g/mol. The number of esters is 1. The lowest BCUT2D eigenvalue weighted by molar-refractivity contribution is -0.141. The molecule has 4 heteroatoms. The number of fused-ring (bicyclic) bond motifs is 1. The first-order valence-electron chi connectivity index (χ1n) is 6.83.